The summed E-state index contributed by atoms with van der Waals surface area (Å²) in [4.78, 5) is 56.1. The fraction of sp³-hybridized carbons (Fsp3) is 0.618. The lowest BCUT2D eigenvalue weighted by molar-refractivity contribution is -0.136. The van der Waals surface area contributed by atoms with Crippen LogP contribution in [-0.2, 0) is 14.3 Å². The molecule has 3 rings (SSSR count). The van der Waals surface area contributed by atoms with Crippen LogP contribution in [0.1, 0.15) is 120 Å². The minimum atomic E-state index is -0.662. The van der Waals surface area contributed by atoms with Crippen LogP contribution < -0.4 is 5.73 Å². The molecule has 0 radical (unpaired) electrons. The van der Waals surface area contributed by atoms with Crippen LogP contribution >= 0.6 is 11.3 Å². The van der Waals surface area contributed by atoms with Gasteiger partial charge in [0.25, 0.3) is 0 Å². The molecule has 3 N–H and O–H groups in total. The first-order valence-corrected chi connectivity index (χ1v) is 16.7. The van der Waals surface area contributed by atoms with Crippen LogP contribution in [0.15, 0.2) is 42.8 Å². The van der Waals surface area contributed by atoms with Gasteiger partial charge in [-0.05, 0) is 71.8 Å². The Morgan fingerprint density at radius 3 is 2.29 bits per heavy atom. The maximum atomic E-state index is 13.0. The number of hydrogen-bond donors (Lipinski definition) is 2. The predicted octanol–water partition coefficient (Wildman–Crippen LogP) is 7.29. The lowest BCUT2D eigenvalue weighted by atomic mass is 9.86. The molecule has 1 aliphatic heterocycles. The molecule has 1 aliphatic carbocycles. The molecule has 1 aromatic heterocycles. The number of likely N-dealkylation sites (N-methyl/N-ethyl adjacent to an activating group) is 1. The lowest BCUT2D eigenvalue weighted by Gasteiger charge is -2.36. The number of primary amides is 1. The van der Waals surface area contributed by atoms with E-state index >= 15 is 0 Å². The van der Waals surface area contributed by atoms with Crippen LogP contribution in [0.25, 0.3) is 0 Å². The highest BCUT2D eigenvalue weighted by Crippen LogP contribution is 2.36. The van der Waals surface area contributed by atoms with Crippen molar-refractivity contribution in [3.05, 3.63) is 52.7 Å². The molecule has 3 amide bonds. The largest absolute Gasteiger partial charge is 0.509 e. The van der Waals surface area contributed by atoms with Crippen molar-refractivity contribution in [1.82, 2.24) is 14.8 Å². The SMILES string of the molecule is C=C/C(=C\C(=C)O)C(=O)c1cnc([C@@H]2CCCCN2C(=O)CC2CCCCC2)s1.CC.C[C@@H](C(N)=O)N(C)C(=O)OC(C)(C)C. The third-order valence-corrected chi connectivity index (χ3v) is 8.62. The number of nitrogens with two attached hydrogens (primary N) is 1. The number of piperidine rings is 1. The summed E-state index contributed by atoms with van der Waals surface area (Å²) in [5.74, 6) is -0.245. The number of carbonyl (C=O) groups is 4. The minimum absolute atomic E-state index is 0.0460. The van der Waals surface area contributed by atoms with Crippen LogP contribution in [0.5, 0.6) is 0 Å². The number of ether oxygens (including phenoxy) is 1. The fourth-order valence-electron chi connectivity index (χ4n) is 5.01. The van der Waals surface area contributed by atoms with Crippen LogP contribution in [0.2, 0.25) is 0 Å². The number of hydrogen-bond acceptors (Lipinski definition) is 8. The van der Waals surface area contributed by atoms with E-state index in [1.165, 1.54) is 54.7 Å². The number of Topliss-reactive ketones (excluding diaryl/α,β-unsaturated/α-hetero) is 1. The molecule has 1 saturated carbocycles. The van der Waals surface area contributed by atoms with Crippen LogP contribution in [0.3, 0.4) is 0 Å². The number of amides is 3. The Kier molecular flexibility index (Phi) is 16.8. The van der Waals surface area contributed by atoms with Gasteiger partial charge in [0.2, 0.25) is 17.6 Å². The van der Waals surface area contributed by atoms with E-state index in [9.17, 15) is 24.3 Å². The fourth-order valence-corrected chi connectivity index (χ4v) is 6.04. The molecular weight excluding hydrogens is 592 g/mol. The van der Waals surface area contributed by atoms with Crippen molar-refractivity contribution < 1.29 is 29.0 Å². The molecule has 1 saturated heterocycles. The number of nitrogens with zero attached hydrogens (tertiary/aromatic N) is 3. The van der Waals surface area contributed by atoms with E-state index in [0.29, 0.717) is 17.2 Å². The molecule has 1 aromatic rings. The summed E-state index contributed by atoms with van der Waals surface area (Å²) in [6, 6.07) is -0.708. The smallest absolute Gasteiger partial charge is 0.410 e. The number of allylic oxidation sites excluding steroid dienone is 3. The van der Waals surface area contributed by atoms with Gasteiger partial charge in [-0.1, -0.05) is 52.3 Å². The number of likely N-dealkylation sites (tertiary alicyclic amines) is 1. The van der Waals surface area contributed by atoms with Gasteiger partial charge >= 0.3 is 6.09 Å². The van der Waals surface area contributed by atoms with E-state index in [4.69, 9.17) is 10.5 Å². The van der Waals surface area contributed by atoms with Gasteiger partial charge in [-0.2, -0.15) is 0 Å². The zero-order valence-electron chi connectivity index (χ0n) is 28.3. The number of carbonyl (C=O) groups excluding carboxylic acids is 4. The summed E-state index contributed by atoms with van der Waals surface area (Å²) < 4.78 is 5.05. The van der Waals surface area contributed by atoms with Crippen molar-refractivity contribution >= 4 is 35.0 Å². The van der Waals surface area contributed by atoms with Crippen molar-refractivity contribution in [3.63, 3.8) is 0 Å². The highest BCUT2D eigenvalue weighted by molar-refractivity contribution is 7.14. The molecule has 45 heavy (non-hydrogen) atoms. The van der Waals surface area contributed by atoms with E-state index in [0.717, 1.165) is 43.7 Å². The summed E-state index contributed by atoms with van der Waals surface area (Å²) in [5, 5.41) is 10.2. The van der Waals surface area contributed by atoms with Crippen molar-refractivity contribution in [1.29, 1.82) is 0 Å². The number of aromatic nitrogens is 1. The molecular formula is C34H54N4O6S. The van der Waals surface area contributed by atoms with Gasteiger partial charge < -0.3 is 20.5 Å². The molecule has 2 aliphatic rings. The second-order valence-electron chi connectivity index (χ2n) is 12.2. The van der Waals surface area contributed by atoms with Gasteiger partial charge in [0.1, 0.15) is 22.4 Å². The Balaban J connectivity index is 0.000000536. The first-order valence-electron chi connectivity index (χ1n) is 15.9. The third kappa shape index (κ3) is 13.2. The lowest BCUT2D eigenvalue weighted by Crippen LogP contribution is -2.45. The molecule has 2 fully saturated rings. The first-order chi connectivity index (χ1) is 21.1. The average Bonchev–Trinajstić information content (AvgIpc) is 3.50. The van der Waals surface area contributed by atoms with Gasteiger partial charge in [0.05, 0.1) is 10.9 Å². The maximum absolute atomic E-state index is 13.0. The van der Waals surface area contributed by atoms with Crippen molar-refractivity contribution in [2.75, 3.05) is 13.6 Å². The number of ketones is 1. The molecule has 10 nitrogen and oxygen atoms in total. The predicted molar refractivity (Wildman–Crippen MR) is 180 cm³/mol. The quantitative estimate of drug-likeness (QED) is 0.124. The number of aliphatic hydroxyl groups excluding tert-OH is 1. The molecule has 0 unspecified atom stereocenters. The number of aliphatic hydroxyl groups is 1. The average molecular weight is 647 g/mol. The monoisotopic (exact) mass is 646 g/mol. The third-order valence-electron chi connectivity index (χ3n) is 7.52. The standard InChI is InChI=1S/C23H30N2O3S.C9H18N2O3.C2H6/c1-3-18(13-16(2)26)22(28)20-15-24-23(29-20)19-11-7-8-12-25(19)21(27)14-17-9-5-4-6-10-17;1-6(7(10)12)11(5)8(13)14-9(2,3)4;1-2/h3,13,15,17,19,26H,1-2,4-12,14H2;6H,1-5H3,(H2,10,12);1-2H3/b18-13+;;/t19-;6-;/m00./s1. The van der Waals surface area contributed by atoms with Crippen molar-refractivity contribution in [2.24, 2.45) is 11.7 Å². The highest BCUT2D eigenvalue weighted by Gasteiger charge is 2.32. The second-order valence-corrected chi connectivity index (χ2v) is 13.2. The van der Waals surface area contributed by atoms with Gasteiger partial charge in [0, 0.05) is 31.8 Å². The number of rotatable bonds is 9. The van der Waals surface area contributed by atoms with E-state index in [-0.39, 0.29) is 29.1 Å². The van der Waals surface area contributed by atoms with Crippen molar-refractivity contribution in [3.8, 4) is 0 Å². The molecule has 0 aromatic carbocycles. The summed E-state index contributed by atoms with van der Waals surface area (Å²) >= 11 is 1.33. The summed E-state index contributed by atoms with van der Waals surface area (Å²) in [6.07, 6.45) is 13.4. The molecule has 2 heterocycles. The molecule has 11 heteroatoms. The minimum Gasteiger partial charge on any atom is -0.509 e. The topological polar surface area (TPSA) is 143 Å². The molecule has 0 spiro atoms. The van der Waals surface area contributed by atoms with E-state index in [1.807, 2.05) is 18.7 Å². The Bertz CT molecular complexity index is 1200. The van der Waals surface area contributed by atoms with E-state index in [1.54, 1.807) is 33.9 Å². The summed E-state index contributed by atoms with van der Waals surface area (Å²) in [6.45, 7) is 18.6. The van der Waals surface area contributed by atoms with E-state index < -0.39 is 23.6 Å². The van der Waals surface area contributed by atoms with Crippen molar-refractivity contribution in [2.45, 2.75) is 117 Å². The van der Waals surface area contributed by atoms with Gasteiger partial charge in [-0.25, -0.2) is 9.78 Å². The maximum Gasteiger partial charge on any atom is 0.410 e. The van der Waals surface area contributed by atoms with Gasteiger partial charge in [-0.3, -0.25) is 19.3 Å². The Hall–Kier alpha value is -3.47. The zero-order valence-corrected chi connectivity index (χ0v) is 29.1. The Morgan fingerprint density at radius 1 is 1.16 bits per heavy atom. The second kappa shape index (κ2) is 19.1. The summed E-state index contributed by atoms with van der Waals surface area (Å²) in [5.41, 5.74) is 4.76. The Labute approximate surface area is 273 Å². The van der Waals surface area contributed by atoms with E-state index in [2.05, 4.69) is 18.1 Å². The molecule has 2 atom stereocenters. The van der Waals surface area contributed by atoms with Crippen LogP contribution in [0, 0.1) is 5.92 Å². The van der Waals surface area contributed by atoms with Gasteiger partial charge in [0.15, 0.2) is 0 Å². The normalized spacial score (nSPS) is 17.8. The zero-order chi connectivity index (χ0) is 34.3. The van der Waals surface area contributed by atoms with Gasteiger partial charge in [-0.15, -0.1) is 11.3 Å². The van der Waals surface area contributed by atoms with Crippen LogP contribution in [-0.4, -0.2) is 68.8 Å². The van der Waals surface area contributed by atoms with Crippen LogP contribution in [0.4, 0.5) is 4.79 Å². The summed E-state index contributed by atoms with van der Waals surface area (Å²) in [7, 11) is 1.48. The Morgan fingerprint density at radius 2 is 1.76 bits per heavy atom. The highest BCUT2D eigenvalue weighted by atomic mass is 32.1. The number of thiazole rings is 1. The molecule has 0 bridgehead atoms. The first kappa shape index (κ1) is 39.6. The molecule has 252 valence electrons.